The Morgan fingerprint density at radius 3 is 1.20 bits per heavy atom. The summed E-state index contributed by atoms with van der Waals surface area (Å²) >= 11 is 0. The minimum Gasteiger partial charge on any atom is -0.481 e. The van der Waals surface area contributed by atoms with E-state index in [4.69, 9.17) is 47.7 Å². The molecule has 2 saturated heterocycles. The van der Waals surface area contributed by atoms with Crippen LogP contribution in [0.3, 0.4) is 0 Å². The second-order valence-corrected chi connectivity index (χ2v) is 18.7. The number of carbonyl (C=O) groups excluding carboxylic acids is 9. The zero-order valence-corrected chi connectivity index (χ0v) is 39.3. The van der Waals surface area contributed by atoms with E-state index in [0.29, 0.717) is 0 Å². The maximum Gasteiger partial charge on any atom is 0.408 e. The summed E-state index contributed by atoms with van der Waals surface area (Å²) in [6.07, 6.45) is -8.05. The van der Waals surface area contributed by atoms with Crippen LogP contribution >= 0.6 is 0 Å². The average molecular weight is 919 g/mol. The first-order valence-electron chi connectivity index (χ1n) is 20.7. The highest BCUT2D eigenvalue weighted by Crippen LogP contribution is 2.26. The number of carboxylic acids is 1. The van der Waals surface area contributed by atoms with Crippen LogP contribution in [0, 0.1) is 23.7 Å². The number of carboxylic acid groups (broad SMARTS) is 1. The Morgan fingerprint density at radius 2 is 0.906 bits per heavy atom. The predicted molar refractivity (Wildman–Crippen MR) is 218 cm³/mol. The molecule has 22 heteroatoms. The van der Waals surface area contributed by atoms with Crippen LogP contribution in [0.5, 0.6) is 0 Å². The number of rotatable bonds is 10. The maximum atomic E-state index is 13.0. The number of cyclic esters (lactones) is 4. The van der Waals surface area contributed by atoms with Crippen molar-refractivity contribution in [3.05, 3.63) is 0 Å². The van der Waals surface area contributed by atoms with Gasteiger partial charge in [0.05, 0.1) is 24.7 Å². The van der Waals surface area contributed by atoms with Crippen molar-refractivity contribution in [3.8, 4) is 0 Å². The maximum absolute atomic E-state index is 13.0. The van der Waals surface area contributed by atoms with Crippen molar-refractivity contribution in [2.45, 2.75) is 170 Å². The van der Waals surface area contributed by atoms with Gasteiger partial charge in [-0.15, -0.1) is 0 Å². The molecule has 0 saturated carbocycles. The van der Waals surface area contributed by atoms with Gasteiger partial charge in [0.2, 0.25) is 0 Å². The standard InChI is InChI=1S/C23H37NO10.C19H29NO10/c1-12(2)18(26)32-17-13(3)31-20(28)15(24-21(29)34-23(7,8)9)11-30-19(27)14(17)10-16(25)33-22(4,5)6;1-9(2)15(23)29-14-10(3)28-17(25)12(20-18(26)30-19(4,5)6)8-27-16(24)11(14)7-13(21)22/h12-15,17H,10-11H2,1-9H3,(H,24,29);9-12,14H,7-8H2,1-6H3,(H,20,26)(H,21,22)/t13-,14+,15-,17-;10-,11+,12-,14-/m00/s1. The van der Waals surface area contributed by atoms with E-state index in [2.05, 4.69) is 10.6 Å². The van der Waals surface area contributed by atoms with Crippen molar-refractivity contribution >= 4 is 59.9 Å². The number of aliphatic carboxylic acids is 1. The van der Waals surface area contributed by atoms with Crippen molar-refractivity contribution in [1.29, 1.82) is 0 Å². The summed E-state index contributed by atoms with van der Waals surface area (Å²) in [4.78, 5) is 123. The molecule has 2 rings (SSSR count). The van der Waals surface area contributed by atoms with E-state index >= 15 is 0 Å². The Morgan fingerprint density at radius 1 is 0.578 bits per heavy atom. The molecule has 0 spiro atoms. The van der Waals surface area contributed by atoms with Gasteiger partial charge in [0.1, 0.15) is 54.1 Å². The lowest BCUT2D eigenvalue weighted by Gasteiger charge is -2.30. The molecule has 0 unspecified atom stereocenters. The number of hydrogen-bond donors (Lipinski definition) is 3. The third-order valence-corrected chi connectivity index (χ3v) is 8.31. The minimum absolute atomic E-state index is 0.474. The molecule has 0 radical (unpaired) electrons. The van der Waals surface area contributed by atoms with Gasteiger partial charge in [-0.2, -0.15) is 0 Å². The van der Waals surface area contributed by atoms with E-state index in [-0.39, 0.29) is 0 Å². The number of carbonyl (C=O) groups is 10. The molecule has 0 aromatic heterocycles. The third-order valence-electron chi connectivity index (χ3n) is 8.31. The lowest BCUT2D eigenvalue weighted by molar-refractivity contribution is -0.180. The average Bonchev–Trinajstić information content (AvgIpc) is 3.16. The fourth-order valence-electron chi connectivity index (χ4n) is 5.42. The summed E-state index contributed by atoms with van der Waals surface area (Å²) < 4.78 is 47.2. The van der Waals surface area contributed by atoms with E-state index in [9.17, 15) is 47.9 Å². The summed E-state index contributed by atoms with van der Waals surface area (Å²) in [7, 11) is 0. The molecular weight excluding hydrogens is 852 g/mol. The van der Waals surface area contributed by atoms with Crippen molar-refractivity contribution in [3.63, 3.8) is 0 Å². The van der Waals surface area contributed by atoms with E-state index in [1.807, 2.05) is 0 Å². The smallest absolute Gasteiger partial charge is 0.408 e. The van der Waals surface area contributed by atoms with Crippen molar-refractivity contribution in [1.82, 2.24) is 10.6 Å². The van der Waals surface area contributed by atoms with Crippen LogP contribution in [-0.4, -0.2) is 132 Å². The second kappa shape index (κ2) is 23.8. The zero-order valence-electron chi connectivity index (χ0n) is 39.3. The van der Waals surface area contributed by atoms with Crippen LogP contribution in [0.1, 0.15) is 117 Å². The predicted octanol–water partition coefficient (Wildman–Crippen LogP) is 3.31. The molecule has 2 aliphatic heterocycles. The molecule has 2 amide bonds. The number of amides is 2. The van der Waals surface area contributed by atoms with Crippen LogP contribution in [-0.2, 0) is 81.0 Å². The molecule has 364 valence electrons. The van der Waals surface area contributed by atoms with Crippen LogP contribution < -0.4 is 10.6 Å². The minimum atomic E-state index is -1.41. The highest BCUT2D eigenvalue weighted by molar-refractivity contribution is 5.86. The van der Waals surface area contributed by atoms with Gasteiger partial charge in [-0.05, 0) is 76.2 Å². The van der Waals surface area contributed by atoms with Gasteiger partial charge in [-0.25, -0.2) is 19.2 Å². The second-order valence-electron chi connectivity index (χ2n) is 18.7. The summed E-state index contributed by atoms with van der Waals surface area (Å²) in [5.74, 6) is -11.0. The number of alkyl carbamates (subject to hydrolysis) is 2. The Bertz CT molecular complexity index is 1700. The molecule has 22 nitrogen and oxygen atoms in total. The summed E-state index contributed by atoms with van der Waals surface area (Å²) in [6, 6.07) is -2.76. The summed E-state index contributed by atoms with van der Waals surface area (Å²) in [5.41, 5.74) is -2.48. The van der Waals surface area contributed by atoms with E-state index < -0.39 is 163 Å². The zero-order chi connectivity index (χ0) is 49.7. The highest BCUT2D eigenvalue weighted by Gasteiger charge is 2.45. The highest BCUT2D eigenvalue weighted by atomic mass is 16.6. The fraction of sp³-hybridized carbons (Fsp3) is 0.762. The lowest BCUT2D eigenvalue weighted by atomic mass is 9.94. The molecule has 0 aliphatic carbocycles. The van der Waals surface area contributed by atoms with Gasteiger partial charge >= 0.3 is 59.9 Å². The first kappa shape index (κ1) is 56.3. The van der Waals surface area contributed by atoms with Crippen molar-refractivity contribution in [2.75, 3.05) is 13.2 Å². The SMILES string of the molecule is CC(C)C(=O)O[C@H]1[C@H](C)OC(=O)[C@@H](NC(=O)OC(C)(C)C)COC(=O)[C@@H]1CC(=O)O.CC(C)C(=O)O[C@H]1[C@H](C)OC(=O)[C@@H](NC(=O)OC(C)(C)C)COC(=O)[C@@H]1CC(=O)OC(C)(C)C. The van der Waals surface area contributed by atoms with Crippen LogP contribution in [0.15, 0.2) is 0 Å². The Hall–Kier alpha value is -5.70. The quantitative estimate of drug-likeness (QED) is 0.209. The van der Waals surface area contributed by atoms with E-state index in [0.717, 1.165) is 0 Å². The van der Waals surface area contributed by atoms with Gasteiger partial charge in [0.15, 0.2) is 24.3 Å². The molecule has 8 atom stereocenters. The van der Waals surface area contributed by atoms with Crippen molar-refractivity contribution < 1.29 is 95.7 Å². The first-order valence-corrected chi connectivity index (χ1v) is 20.7. The molecule has 2 fully saturated rings. The fourth-order valence-corrected chi connectivity index (χ4v) is 5.42. The number of esters is 7. The van der Waals surface area contributed by atoms with Crippen LogP contribution in [0.4, 0.5) is 9.59 Å². The number of ether oxygens (including phenoxy) is 9. The van der Waals surface area contributed by atoms with Gasteiger partial charge < -0.3 is 58.4 Å². The first-order chi connectivity index (χ1) is 29.1. The monoisotopic (exact) mass is 918 g/mol. The van der Waals surface area contributed by atoms with Crippen LogP contribution in [0.25, 0.3) is 0 Å². The molecular formula is C42H66N2O20. The summed E-state index contributed by atoms with van der Waals surface area (Å²) in [6.45, 7) is 22.7. The molecule has 2 heterocycles. The van der Waals surface area contributed by atoms with Gasteiger partial charge in [-0.1, -0.05) is 27.7 Å². The topological polar surface area (TPSA) is 298 Å². The Labute approximate surface area is 372 Å². The van der Waals surface area contributed by atoms with Crippen molar-refractivity contribution in [2.24, 2.45) is 23.7 Å². The normalized spacial score (nSPS) is 24.6. The third kappa shape index (κ3) is 20.7. The molecule has 2 aliphatic rings. The van der Waals surface area contributed by atoms with E-state index in [1.54, 1.807) is 90.0 Å². The van der Waals surface area contributed by atoms with Gasteiger partial charge in [-0.3, -0.25) is 28.8 Å². The largest absolute Gasteiger partial charge is 0.481 e. The molecule has 0 bridgehead atoms. The lowest BCUT2D eigenvalue weighted by Crippen LogP contribution is -2.48. The molecule has 3 N–H and O–H groups in total. The number of nitrogens with one attached hydrogen (secondary N) is 2. The summed E-state index contributed by atoms with van der Waals surface area (Å²) in [5, 5.41) is 13.7. The molecule has 64 heavy (non-hydrogen) atoms. The van der Waals surface area contributed by atoms with Crippen LogP contribution in [0.2, 0.25) is 0 Å². The molecule has 0 aromatic carbocycles. The van der Waals surface area contributed by atoms with E-state index in [1.165, 1.54) is 13.8 Å². The number of hydrogen-bond acceptors (Lipinski definition) is 19. The molecule has 0 aromatic rings. The van der Waals surface area contributed by atoms with Gasteiger partial charge in [0, 0.05) is 0 Å². The Kier molecular flexibility index (Phi) is 21.0. The van der Waals surface area contributed by atoms with Gasteiger partial charge in [0.25, 0.3) is 0 Å². The Balaban J connectivity index is 0.000000645.